The van der Waals surface area contributed by atoms with E-state index in [1.165, 1.54) is 10.9 Å². The van der Waals surface area contributed by atoms with Crippen molar-refractivity contribution in [1.29, 1.82) is 0 Å². The minimum Gasteiger partial charge on any atom is -0.395 e. The number of hydrogen-bond donors (Lipinski definition) is 1. The Hall–Kier alpha value is -1.86. The highest BCUT2D eigenvalue weighted by Gasteiger charge is 2.33. The first kappa shape index (κ1) is 16.0. The smallest absolute Gasteiger partial charge is 0.395 e. The summed E-state index contributed by atoms with van der Waals surface area (Å²) in [5.74, 6) is 0. The summed E-state index contributed by atoms with van der Waals surface area (Å²) >= 11 is 0. The van der Waals surface area contributed by atoms with Crippen molar-refractivity contribution in [2.45, 2.75) is 31.6 Å². The summed E-state index contributed by atoms with van der Waals surface area (Å²) < 4.78 is 39.0. The Kier molecular flexibility index (Phi) is 4.41. The van der Waals surface area contributed by atoms with Crippen molar-refractivity contribution in [1.82, 2.24) is 14.7 Å². The summed E-state index contributed by atoms with van der Waals surface area (Å²) in [6.45, 7) is 1.85. The molecule has 0 saturated carbocycles. The first-order valence-corrected chi connectivity index (χ1v) is 7.54. The predicted molar refractivity (Wildman–Crippen MR) is 79.1 cm³/mol. The lowest BCUT2D eigenvalue weighted by Gasteiger charge is -2.22. The molecule has 0 amide bonds. The zero-order valence-electron chi connectivity index (χ0n) is 12.5. The van der Waals surface area contributed by atoms with E-state index in [1.54, 1.807) is 12.1 Å². The molecule has 1 fully saturated rings. The summed E-state index contributed by atoms with van der Waals surface area (Å²) in [6, 6.07) is 8.45. The van der Waals surface area contributed by atoms with Gasteiger partial charge in [-0.15, -0.1) is 0 Å². The molecule has 0 bridgehead atoms. The molecule has 2 aromatic rings. The van der Waals surface area contributed by atoms with E-state index in [-0.39, 0.29) is 12.6 Å². The SMILES string of the molecule is OC[C@@H]1CCCN1Cc1ccc(-n2ccc(C(F)(F)F)n2)cc1. The van der Waals surface area contributed by atoms with Gasteiger partial charge in [-0.3, -0.25) is 4.90 Å². The van der Waals surface area contributed by atoms with Crippen LogP contribution in [0.4, 0.5) is 13.2 Å². The van der Waals surface area contributed by atoms with Crippen molar-refractivity contribution in [2.24, 2.45) is 0 Å². The second-order valence-electron chi connectivity index (χ2n) is 5.76. The molecule has 0 aliphatic carbocycles. The summed E-state index contributed by atoms with van der Waals surface area (Å²) in [5.41, 5.74) is 0.756. The van der Waals surface area contributed by atoms with Gasteiger partial charge in [-0.25, -0.2) is 4.68 Å². The number of rotatable bonds is 4. The molecular weight excluding hydrogens is 307 g/mol. The van der Waals surface area contributed by atoms with Crippen LogP contribution in [0.3, 0.4) is 0 Å². The first-order chi connectivity index (χ1) is 11.0. The lowest BCUT2D eigenvalue weighted by molar-refractivity contribution is -0.141. The maximum atomic E-state index is 12.6. The molecule has 4 nitrogen and oxygen atoms in total. The molecule has 7 heteroatoms. The largest absolute Gasteiger partial charge is 0.435 e. The molecule has 124 valence electrons. The van der Waals surface area contributed by atoms with Crippen molar-refractivity contribution in [3.8, 4) is 5.69 Å². The summed E-state index contributed by atoms with van der Waals surface area (Å²) in [6.07, 6.45) is -1.04. The molecule has 1 aliphatic heterocycles. The average molecular weight is 325 g/mol. The number of hydrogen-bond acceptors (Lipinski definition) is 3. The van der Waals surface area contributed by atoms with E-state index < -0.39 is 11.9 Å². The highest BCUT2D eigenvalue weighted by molar-refractivity contribution is 5.34. The zero-order chi connectivity index (χ0) is 16.4. The van der Waals surface area contributed by atoms with Crippen LogP contribution < -0.4 is 0 Å². The van der Waals surface area contributed by atoms with Crippen LogP contribution in [-0.4, -0.2) is 39.0 Å². The number of halogens is 3. The Morgan fingerprint density at radius 2 is 1.91 bits per heavy atom. The predicted octanol–water partition coefficient (Wildman–Crippen LogP) is 2.85. The van der Waals surface area contributed by atoms with Gasteiger partial charge in [-0.1, -0.05) is 12.1 Å². The number of aromatic nitrogens is 2. The normalized spacial score (nSPS) is 19.4. The third-order valence-electron chi connectivity index (χ3n) is 4.18. The van der Waals surface area contributed by atoms with Crippen molar-refractivity contribution in [3.63, 3.8) is 0 Å². The van der Waals surface area contributed by atoms with Gasteiger partial charge in [0, 0.05) is 18.8 Å². The van der Waals surface area contributed by atoms with E-state index in [1.807, 2.05) is 12.1 Å². The summed E-state index contributed by atoms with van der Waals surface area (Å²) in [5, 5.41) is 12.9. The van der Waals surface area contributed by atoms with E-state index in [9.17, 15) is 18.3 Å². The second-order valence-corrected chi connectivity index (χ2v) is 5.76. The number of aliphatic hydroxyl groups excluding tert-OH is 1. The Bertz CT molecular complexity index is 651. The molecule has 1 aromatic heterocycles. The molecule has 0 spiro atoms. The van der Waals surface area contributed by atoms with E-state index in [0.717, 1.165) is 37.6 Å². The van der Waals surface area contributed by atoms with E-state index in [2.05, 4.69) is 10.00 Å². The molecule has 1 aliphatic rings. The number of alkyl halides is 3. The molecular formula is C16H18F3N3O. The van der Waals surface area contributed by atoms with Crippen molar-refractivity contribution in [2.75, 3.05) is 13.2 Å². The molecule has 0 radical (unpaired) electrons. The van der Waals surface area contributed by atoms with Gasteiger partial charge >= 0.3 is 6.18 Å². The van der Waals surface area contributed by atoms with Crippen LogP contribution in [0.2, 0.25) is 0 Å². The topological polar surface area (TPSA) is 41.3 Å². The fraction of sp³-hybridized carbons (Fsp3) is 0.438. The Morgan fingerprint density at radius 1 is 1.17 bits per heavy atom. The Labute approximate surface area is 132 Å². The lowest BCUT2D eigenvalue weighted by Crippen LogP contribution is -2.31. The van der Waals surface area contributed by atoms with Crippen LogP contribution in [0, 0.1) is 0 Å². The summed E-state index contributed by atoms with van der Waals surface area (Å²) in [4.78, 5) is 2.23. The molecule has 1 aromatic carbocycles. The van der Waals surface area contributed by atoms with E-state index in [0.29, 0.717) is 5.69 Å². The second kappa shape index (κ2) is 6.33. The molecule has 1 N–H and O–H groups in total. The van der Waals surface area contributed by atoms with Crippen LogP contribution in [-0.2, 0) is 12.7 Å². The number of benzene rings is 1. The number of aliphatic hydroxyl groups is 1. The van der Waals surface area contributed by atoms with Gasteiger partial charge in [0.15, 0.2) is 5.69 Å². The van der Waals surface area contributed by atoms with Gasteiger partial charge in [-0.05, 0) is 43.1 Å². The van der Waals surface area contributed by atoms with Gasteiger partial charge in [0.1, 0.15) is 0 Å². The van der Waals surface area contributed by atoms with Crippen molar-refractivity contribution < 1.29 is 18.3 Å². The van der Waals surface area contributed by atoms with Crippen LogP contribution in [0.1, 0.15) is 24.1 Å². The zero-order valence-corrected chi connectivity index (χ0v) is 12.5. The third kappa shape index (κ3) is 3.56. The number of likely N-dealkylation sites (tertiary alicyclic amines) is 1. The molecule has 3 rings (SSSR count). The van der Waals surface area contributed by atoms with Gasteiger partial charge in [-0.2, -0.15) is 18.3 Å². The Morgan fingerprint density at radius 3 is 2.52 bits per heavy atom. The van der Waals surface area contributed by atoms with E-state index in [4.69, 9.17) is 0 Å². The van der Waals surface area contributed by atoms with Crippen LogP contribution in [0.15, 0.2) is 36.5 Å². The molecule has 23 heavy (non-hydrogen) atoms. The Balaban J connectivity index is 1.71. The van der Waals surface area contributed by atoms with Gasteiger partial charge in [0.05, 0.1) is 12.3 Å². The maximum absolute atomic E-state index is 12.6. The standard InChI is InChI=1S/C16H18F3N3O/c17-16(18,19)15-7-9-22(20-15)13-5-3-12(4-6-13)10-21-8-1-2-14(21)11-23/h3-7,9,14,23H,1-2,8,10-11H2/t14-/m0/s1. The quantitative estimate of drug-likeness (QED) is 0.940. The fourth-order valence-corrected chi connectivity index (χ4v) is 2.92. The van der Waals surface area contributed by atoms with Gasteiger partial charge in [0.2, 0.25) is 0 Å². The third-order valence-corrected chi connectivity index (χ3v) is 4.18. The van der Waals surface area contributed by atoms with Crippen molar-refractivity contribution >= 4 is 0 Å². The minimum atomic E-state index is -4.43. The molecule has 1 saturated heterocycles. The maximum Gasteiger partial charge on any atom is 0.435 e. The minimum absolute atomic E-state index is 0.158. The van der Waals surface area contributed by atoms with E-state index >= 15 is 0 Å². The van der Waals surface area contributed by atoms with Crippen LogP contribution in [0.25, 0.3) is 5.69 Å². The highest BCUT2D eigenvalue weighted by Crippen LogP contribution is 2.28. The highest BCUT2D eigenvalue weighted by atomic mass is 19.4. The van der Waals surface area contributed by atoms with Crippen LogP contribution in [0.5, 0.6) is 0 Å². The van der Waals surface area contributed by atoms with Crippen molar-refractivity contribution in [3.05, 3.63) is 47.8 Å². The average Bonchev–Trinajstić information content (AvgIpc) is 3.16. The summed E-state index contributed by atoms with van der Waals surface area (Å²) in [7, 11) is 0. The van der Waals surface area contributed by atoms with Gasteiger partial charge < -0.3 is 5.11 Å². The lowest BCUT2D eigenvalue weighted by atomic mass is 10.1. The fourth-order valence-electron chi connectivity index (χ4n) is 2.92. The first-order valence-electron chi connectivity index (χ1n) is 7.54. The molecule has 0 unspecified atom stereocenters. The molecule has 1 atom stereocenters. The van der Waals surface area contributed by atoms with Crippen LogP contribution >= 0.6 is 0 Å². The number of nitrogens with zero attached hydrogens (tertiary/aromatic N) is 3. The van der Waals surface area contributed by atoms with Gasteiger partial charge in [0.25, 0.3) is 0 Å². The molecule has 2 heterocycles. The monoisotopic (exact) mass is 325 g/mol.